The topological polar surface area (TPSA) is 54.4 Å². The summed E-state index contributed by atoms with van der Waals surface area (Å²) in [5.41, 5.74) is 1.63. The third kappa shape index (κ3) is 2.87. The van der Waals surface area contributed by atoms with E-state index in [1.807, 2.05) is 43.3 Å². The second-order valence-corrected chi connectivity index (χ2v) is 7.73. The average molecular weight is 326 g/mol. The summed E-state index contributed by atoms with van der Waals surface area (Å²) in [7, 11) is -3.66. The summed E-state index contributed by atoms with van der Waals surface area (Å²) >= 11 is 0. The van der Waals surface area contributed by atoms with Gasteiger partial charge in [0.25, 0.3) is 0 Å². The zero-order valence-electron chi connectivity index (χ0n) is 12.8. The Morgan fingerprint density at radius 2 is 1.57 bits per heavy atom. The number of fused-ring (bicyclic) bond motifs is 1. The second-order valence-electron chi connectivity index (χ2n) is 5.60. The Balaban J connectivity index is 2.17. The molecule has 0 aromatic heterocycles. The van der Waals surface area contributed by atoms with Gasteiger partial charge in [0.15, 0.2) is 9.84 Å². The van der Waals surface area contributed by atoms with Crippen LogP contribution in [0.2, 0.25) is 0 Å². The van der Waals surface area contributed by atoms with E-state index in [4.69, 9.17) is 0 Å². The molecule has 1 unspecified atom stereocenters. The van der Waals surface area contributed by atoms with Crippen molar-refractivity contribution in [3.8, 4) is 0 Å². The Hall–Kier alpha value is -2.17. The minimum atomic E-state index is -3.66. The molecule has 0 saturated carbocycles. The molecule has 23 heavy (non-hydrogen) atoms. The first kappa shape index (κ1) is 15.7. The first-order chi connectivity index (χ1) is 11.0. The van der Waals surface area contributed by atoms with Gasteiger partial charge >= 0.3 is 0 Å². The highest BCUT2D eigenvalue weighted by atomic mass is 32.2. The lowest BCUT2D eigenvalue weighted by atomic mass is 10.0. The summed E-state index contributed by atoms with van der Waals surface area (Å²) in [5, 5.41) is 10.6. The fourth-order valence-electron chi connectivity index (χ4n) is 2.79. The lowest BCUT2D eigenvalue weighted by Gasteiger charge is -2.18. The first-order valence-electron chi connectivity index (χ1n) is 7.43. The molecule has 0 spiro atoms. The molecular formula is C19H18O3S. The van der Waals surface area contributed by atoms with Gasteiger partial charge in [0.05, 0.1) is 11.5 Å². The molecule has 3 aromatic carbocycles. The van der Waals surface area contributed by atoms with Crippen molar-refractivity contribution in [1.82, 2.24) is 0 Å². The quantitative estimate of drug-likeness (QED) is 0.796. The third-order valence-electron chi connectivity index (χ3n) is 4.06. The van der Waals surface area contributed by atoms with E-state index in [1.54, 1.807) is 30.3 Å². The molecule has 0 heterocycles. The molecule has 0 aliphatic heterocycles. The largest absolute Gasteiger partial charge is 0.395 e. The maximum Gasteiger partial charge on any atom is 0.187 e. The number of benzene rings is 3. The van der Waals surface area contributed by atoms with Crippen LogP contribution in [-0.4, -0.2) is 20.1 Å². The van der Waals surface area contributed by atoms with Crippen LogP contribution in [0.25, 0.3) is 10.8 Å². The molecular weight excluding hydrogens is 308 g/mol. The summed E-state index contributed by atoms with van der Waals surface area (Å²) < 4.78 is 25.9. The van der Waals surface area contributed by atoms with Crippen molar-refractivity contribution in [1.29, 1.82) is 0 Å². The number of aryl methyl sites for hydroxylation is 1. The molecule has 1 atom stereocenters. The number of aliphatic hydroxyl groups excluding tert-OH is 1. The molecule has 0 aliphatic rings. The van der Waals surface area contributed by atoms with E-state index in [0.717, 1.165) is 16.3 Å². The van der Waals surface area contributed by atoms with Crippen LogP contribution in [0.5, 0.6) is 0 Å². The lowest BCUT2D eigenvalue weighted by Crippen LogP contribution is -2.17. The Morgan fingerprint density at radius 1 is 0.913 bits per heavy atom. The minimum absolute atomic E-state index is 0.232. The van der Waals surface area contributed by atoms with Crippen molar-refractivity contribution in [2.75, 3.05) is 6.61 Å². The number of rotatable bonds is 4. The van der Waals surface area contributed by atoms with Gasteiger partial charge in [-0.3, -0.25) is 0 Å². The van der Waals surface area contributed by atoms with Crippen LogP contribution in [0, 0.1) is 6.92 Å². The van der Waals surface area contributed by atoms with Gasteiger partial charge in [0.2, 0.25) is 0 Å². The highest BCUT2D eigenvalue weighted by molar-refractivity contribution is 7.91. The van der Waals surface area contributed by atoms with Gasteiger partial charge < -0.3 is 5.11 Å². The van der Waals surface area contributed by atoms with Crippen LogP contribution in [0.3, 0.4) is 0 Å². The zero-order valence-corrected chi connectivity index (χ0v) is 13.6. The van der Waals surface area contributed by atoms with E-state index in [2.05, 4.69) is 0 Å². The fourth-order valence-corrected chi connectivity index (χ4v) is 4.37. The molecule has 3 aromatic rings. The van der Waals surface area contributed by atoms with Gasteiger partial charge in [-0.1, -0.05) is 60.2 Å². The summed E-state index contributed by atoms with van der Waals surface area (Å²) in [5.74, 6) is 0. The average Bonchev–Trinajstić information content (AvgIpc) is 2.56. The van der Waals surface area contributed by atoms with Gasteiger partial charge in [0, 0.05) is 0 Å². The number of sulfone groups is 1. The molecule has 0 radical (unpaired) electrons. The van der Waals surface area contributed by atoms with E-state index in [0.29, 0.717) is 5.56 Å². The van der Waals surface area contributed by atoms with Crippen molar-refractivity contribution >= 4 is 20.6 Å². The molecule has 4 heteroatoms. The monoisotopic (exact) mass is 326 g/mol. The fraction of sp³-hybridized carbons (Fsp3) is 0.158. The van der Waals surface area contributed by atoms with Crippen molar-refractivity contribution in [2.45, 2.75) is 17.1 Å². The van der Waals surface area contributed by atoms with E-state index < -0.39 is 21.7 Å². The summed E-state index contributed by atoms with van der Waals surface area (Å²) in [6, 6.07) is 19.9. The van der Waals surface area contributed by atoms with Crippen LogP contribution >= 0.6 is 0 Å². The Kier molecular flexibility index (Phi) is 4.20. The number of hydrogen-bond acceptors (Lipinski definition) is 3. The number of hydrogen-bond donors (Lipinski definition) is 1. The Morgan fingerprint density at radius 3 is 2.26 bits per heavy atom. The third-order valence-corrected chi connectivity index (χ3v) is 6.14. The zero-order chi connectivity index (χ0) is 16.4. The van der Waals surface area contributed by atoms with E-state index in [1.165, 1.54) is 0 Å². The van der Waals surface area contributed by atoms with E-state index >= 15 is 0 Å². The summed E-state index contributed by atoms with van der Waals surface area (Å²) in [6.07, 6.45) is 0. The van der Waals surface area contributed by atoms with Crippen molar-refractivity contribution in [3.63, 3.8) is 0 Å². The lowest BCUT2D eigenvalue weighted by molar-refractivity contribution is 0.292. The second kappa shape index (κ2) is 6.14. The smallest absolute Gasteiger partial charge is 0.187 e. The summed E-state index contributed by atoms with van der Waals surface area (Å²) in [4.78, 5) is 0.232. The van der Waals surface area contributed by atoms with Gasteiger partial charge in [-0.15, -0.1) is 0 Å². The van der Waals surface area contributed by atoms with Crippen LogP contribution in [0.1, 0.15) is 16.4 Å². The molecule has 0 amide bonds. The number of aliphatic hydroxyl groups is 1. The highest BCUT2D eigenvalue weighted by Gasteiger charge is 2.29. The highest BCUT2D eigenvalue weighted by Crippen LogP contribution is 2.33. The predicted molar refractivity (Wildman–Crippen MR) is 92.1 cm³/mol. The standard InChI is InChI=1S/C19H18O3S/c1-14-9-11-16(12-10-14)23(21,22)19(13-20)18-8-4-6-15-5-2-3-7-17(15)18/h2-12,19-20H,13H2,1H3. The minimum Gasteiger partial charge on any atom is -0.395 e. The van der Waals surface area contributed by atoms with Gasteiger partial charge in [-0.05, 0) is 35.4 Å². The predicted octanol–water partition coefficient (Wildman–Crippen LogP) is 3.66. The molecule has 0 fully saturated rings. The Labute approximate surface area is 136 Å². The van der Waals surface area contributed by atoms with Crippen molar-refractivity contribution < 1.29 is 13.5 Å². The van der Waals surface area contributed by atoms with Crippen LogP contribution in [-0.2, 0) is 9.84 Å². The normalized spacial score (nSPS) is 13.1. The SMILES string of the molecule is Cc1ccc(S(=O)(=O)C(CO)c2cccc3ccccc23)cc1. The van der Waals surface area contributed by atoms with Crippen LogP contribution < -0.4 is 0 Å². The molecule has 0 bridgehead atoms. The maximum absolute atomic E-state index is 13.0. The molecule has 3 rings (SSSR count). The first-order valence-corrected chi connectivity index (χ1v) is 8.98. The molecule has 1 N–H and O–H groups in total. The van der Waals surface area contributed by atoms with Gasteiger partial charge in [-0.2, -0.15) is 0 Å². The van der Waals surface area contributed by atoms with Crippen LogP contribution in [0.15, 0.2) is 71.6 Å². The van der Waals surface area contributed by atoms with Crippen LogP contribution in [0.4, 0.5) is 0 Å². The van der Waals surface area contributed by atoms with Crippen molar-refractivity contribution in [2.24, 2.45) is 0 Å². The maximum atomic E-state index is 13.0. The summed E-state index contributed by atoms with van der Waals surface area (Å²) in [6.45, 7) is 1.45. The van der Waals surface area contributed by atoms with Gasteiger partial charge in [0.1, 0.15) is 5.25 Å². The molecule has 0 aliphatic carbocycles. The van der Waals surface area contributed by atoms with E-state index in [9.17, 15) is 13.5 Å². The van der Waals surface area contributed by atoms with E-state index in [-0.39, 0.29) is 4.90 Å². The Bertz CT molecular complexity index is 923. The molecule has 3 nitrogen and oxygen atoms in total. The molecule has 0 saturated heterocycles. The van der Waals surface area contributed by atoms with Gasteiger partial charge in [-0.25, -0.2) is 8.42 Å². The molecule has 118 valence electrons. The van der Waals surface area contributed by atoms with Crippen molar-refractivity contribution in [3.05, 3.63) is 77.9 Å².